The standard InChI is InChI=1S/C16H18N2O7S3/c1-26(19,20)17-14-8-5-12(6-9-14)3-4-13-7-10-15(18-27(2,21)22)16(11-13)28(23,24)25/h3-11,17-18H,1-2H3,(H,23,24,25). The lowest BCUT2D eigenvalue weighted by Gasteiger charge is -2.09. The Balaban J connectivity index is 2.31. The second-order valence-corrected chi connectivity index (χ2v) is 10.8. The van der Waals surface area contributed by atoms with Crippen molar-refractivity contribution in [3.63, 3.8) is 0 Å². The molecule has 0 aliphatic rings. The fourth-order valence-electron chi connectivity index (χ4n) is 2.21. The van der Waals surface area contributed by atoms with E-state index in [1.807, 2.05) is 4.72 Å². The van der Waals surface area contributed by atoms with Gasteiger partial charge in [0.05, 0.1) is 18.2 Å². The molecule has 0 saturated carbocycles. The lowest BCUT2D eigenvalue weighted by Crippen LogP contribution is -2.13. The van der Waals surface area contributed by atoms with Gasteiger partial charge in [-0.3, -0.25) is 14.0 Å². The van der Waals surface area contributed by atoms with Gasteiger partial charge in [0.2, 0.25) is 20.0 Å². The van der Waals surface area contributed by atoms with Gasteiger partial charge in [0.1, 0.15) is 4.90 Å². The Bertz CT molecular complexity index is 1220. The number of sulfonamides is 2. The van der Waals surface area contributed by atoms with Gasteiger partial charge in [0.15, 0.2) is 0 Å². The normalized spacial score (nSPS) is 12.8. The predicted molar refractivity (Wildman–Crippen MR) is 109 cm³/mol. The Hall–Kier alpha value is -2.41. The van der Waals surface area contributed by atoms with Crippen molar-refractivity contribution in [1.82, 2.24) is 0 Å². The average Bonchev–Trinajstić information content (AvgIpc) is 2.51. The van der Waals surface area contributed by atoms with Crippen LogP contribution in [0, 0.1) is 0 Å². The van der Waals surface area contributed by atoms with E-state index in [0.29, 0.717) is 16.8 Å². The van der Waals surface area contributed by atoms with Crippen LogP contribution in [0.3, 0.4) is 0 Å². The van der Waals surface area contributed by atoms with Crippen molar-refractivity contribution < 1.29 is 29.8 Å². The number of rotatable bonds is 7. The molecule has 9 nitrogen and oxygen atoms in total. The van der Waals surface area contributed by atoms with Gasteiger partial charge in [0, 0.05) is 5.69 Å². The average molecular weight is 447 g/mol. The lowest BCUT2D eigenvalue weighted by atomic mass is 10.1. The van der Waals surface area contributed by atoms with Gasteiger partial charge in [-0.1, -0.05) is 30.4 Å². The summed E-state index contributed by atoms with van der Waals surface area (Å²) >= 11 is 0. The highest BCUT2D eigenvalue weighted by Crippen LogP contribution is 2.24. The maximum Gasteiger partial charge on any atom is 0.296 e. The second kappa shape index (κ2) is 7.91. The van der Waals surface area contributed by atoms with Crippen LogP contribution in [-0.4, -0.2) is 42.3 Å². The molecule has 0 aromatic heterocycles. The zero-order valence-corrected chi connectivity index (χ0v) is 17.3. The first-order valence-corrected chi connectivity index (χ1v) is 12.8. The van der Waals surface area contributed by atoms with Gasteiger partial charge in [-0.05, 0) is 35.4 Å². The fourth-order valence-corrected chi connectivity index (χ4v) is 4.10. The van der Waals surface area contributed by atoms with Crippen molar-refractivity contribution in [2.45, 2.75) is 4.90 Å². The summed E-state index contributed by atoms with van der Waals surface area (Å²) in [5, 5.41) is 0. The maximum atomic E-state index is 11.6. The first kappa shape index (κ1) is 21.9. The van der Waals surface area contributed by atoms with Crippen LogP contribution < -0.4 is 9.44 Å². The zero-order valence-electron chi connectivity index (χ0n) is 14.8. The molecule has 2 rings (SSSR count). The Morgan fingerprint density at radius 2 is 1.25 bits per heavy atom. The Labute approximate surface area is 164 Å². The molecule has 28 heavy (non-hydrogen) atoms. The molecule has 0 fully saturated rings. The molecule has 12 heteroatoms. The highest BCUT2D eigenvalue weighted by atomic mass is 32.2. The summed E-state index contributed by atoms with van der Waals surface area (Å²) in [5.41, 5.74) is 1.22. The molecular formula is C16H18N2O7S3. The van der Waals surface area contributed by atoms with Crippen molar-refractivity contribution in [2.75, 3.05) is 22.0 Å². The third-order valence-electron chi connectivity index (χ3n) is 3.26. The minimum absolute atomic E-state index is 0.265. The Morgan fingerprint density at radius 3 is 1.75 bits per heavy atom. The highest BCUT2D eigenvalue weighted by Gasteiger charge is 2.18. The molecule has 2 aromatic rings. The van der Waals surface area contributed by atoms with Crippen molar-refractivity contribution >= 4 is 53.7 Å². The minimum Gasteiger partial charge on any atom is -0.284 e. The SMILES string of the molecule is CS(=O)(=O)Nc1ccc(C=Cc2ccc(NS(C)(=O)=O)c(S(=O)(=O)O)c2)cc1. The summed E-state index contributed by atoms with van der Waals surface area (Å²) in [5.74, 6) is 0. The summed E-state index contributed by atoms with van der Waals surface area (Å²) in [7, 11) is -11.8. The maximum absolute atomic E-state index is 11.6. The van der Waals surface area contributed by atoms with Crippen LogP contribution in [0.1, 0.15) is 11.1 Å². The van der Waals surface area contributed by atoms with Crippen LogP contribution in [-0.2, 0) is 30.2 Å². The van der Waals surface area contributed by atoms with Gasteiger partial charge in [-0.2, -0.15) is 8.42 Å². The third kappa shape index (κ3) is 6.96. The monoisotopic (exact) mass is 446 g/mol. The van der Waals surface area contributed by atoms with Gasteiger partial charge < -0.3 is 0 Å². The van der Waals surface area contributed by atoms with Crippen LogP contribution in [0.15, 0.2) is 47.4 Å². The largest absolute Gasteiger partial charge is 0.296 e. The minimum atomic E-state index is -4.66. The van der Waals surface area contributed by atoms with Crippen LogP contribution in [0.2, 0.25) is 0 Å². The zero-order chi connectivity index (χ0) is 21.2. The molecule has 0 aliphatic heterocycles. The molecule has 2 aromatic carbocycles. The summed E-state index contributed by atoms with van der Waals surface area (Å²) in [4.78, 5) is -0.576. The van der Waals surface area contributed by atoms with Crippen molar-refractivity contribution in [3.05, 3.63) is 53.6 Å². The predicted octanol–water partition coefficient (Wildman–Crippen LogP) is 1.85. The van der Waals surface area contributed by atoms with Crippen molar-refractivity contribution in [2.24, 2.45) is 0 Å². The number of anilines is 2. The molecule has 0 amide bonds. The third-order valence-corrected chi connectivity index (χ3v) is 5.35. The van der Waals surface area contributed by atoms with E-state index in [2.05, 4.69) is 4.72 Å². The second-order valence-electron chi connectivity index (χ2n) is 5.93. The van der Waals surface area contributed by atoms with E-state index in [0.717, 1.165) is 18.6 Å². The lowest BCUT2D eigenvalue weighted by molar-refractivity contribution is 0.483. The molecular weight excluding hydrogens is 428 g/mol. The molecule has 0 unspecified atom stereocenters. The summed E-state index contributed by atoms with van der Waals surface area (Å²) in [6, 6.07) is 10.2. The number of hydrogen-bond acceptors (Lipinski definition) is 6. The van der Waals surface area contributed by atoms with Crippen molar-refractivity contribution in [1.29, 1.82) is 0 Å². The number of hydrogen-bond donors (Lipinski definition) is 3. The van der Waals surface area contributed by atoms with Crippen LogP contribution >= 0.6 is 0 Å². The van der Waals surface area contributed by atoms with Crippen LogP contribution in [0.25, 0.3) is 12.2 Å². The van der Waals surface area contributed by atoms with Gasteiger partial charge in [-0.25, -0.2) is 16.8 Å². The van der Waals surface area contributed by atoms with E-state index in [-0.39, 0.29) is 5.69 Å². The van der Waals surface area contributed by atoms with Gasteiger partial charge in [0.25, 0.3) is 10.1 Å². The van der Waals surface area contributed by atoms with E-state index in [1.165, 1.54) is 12.1 Å². The fraction of sp³-hybridized carbons (Fsp3) is 0.125. The highest BCUT2D eigenvalue weighted by molar-refractivity contribution is 7.92. The van der Waals surface area contributed by atoms with Gasteiger partial charge >= 0.3 is 0 Å². The molecule has 0 aliphatic carbocycles. The van der Waals surface area contributed by atoms with Gasteiger partial charge in [-0.15, -0.1) is 0 Å². The van der Waals surface area contributed by atoms with E-state index in [1.54, 1.807) is 36.4 Å². The quantitative estimate of drug-likeness (QED) is 0.434. The molecule has 152 valence electrons. The number of nitrogens with one attached hydrogen (secondary N) is 2. The van der Waals surface area contributed by atoms with E-state index < -0.39 is 35.1 Å². The Kier molecular flexibility index (Phi) is 6.18. The smallest absolute Gasteiger partial charge is 0.284 e. The van der Waals surface area contributed by atoms with E-state index in [4.69, 9.17) is 0 Å². The molecule has 0 atom stereocenters. The summed E-state index contributed by atoms with van der Waals surface area (Å²) in [6.07, 6.45) is 5.09. The van der Waals surface area contributed by atoms with Crippen molar-refractivity contribution in [3.8, 4) is 0 Å². The topological polar surface area (TPSA) is 147 Å². The molecule has 0 heterocycles. The first-order valence-electron chi connectivity index (χ1n) is 7.58. The summed E-state index contributed by atoms with van der Waals surface area (Å²) < 4.78 is 81.9. The molecule has 0 radical (unpaired) electrons. The number of benzene rings is 2. The summed E-state index contributed by atoms with van der Waals surface area (Å²) in [6.45, 7) is 0. The molecule has 0 bridgehead atoms. The van der Waals surface area contributed by atoms with E-state index in [9.17, 15) is 29.8 Å². The van der Waals surface area contributed by atoms with Crippen LogP contribution in [0.5, 0.6) is 0 Å². The Morgan fingerprint density at radius 1 is 0.750 bits per heavy atom. The molecule has 0 saturated heterocycles. The van der Waals surface area contributed by atoms with Crippen LogP contribution in [0.4, 0.5) is 11.4 Å². The first-order chi connectivity index (χ1) is 12.7. The molecule has 3 N–H and O–H groups in total. The van der Waals surface area contributed by atoms with E-state index >= 15 is 0 Å². The molecule has 0 spiro atoms.